The highest BCUT2D eigenvalue weighted by atomic mass is 79.9. The fourth-order valence-corrected chi connectivity index (χ4v) is 2.77. The van der Waals surface area contributed by atoms with Crippen LogP contribution in [0.4, 0.5) is 0 Å². The van der Waals surface area contributed by atoms with Crippen molar-refractivity contribution in [1.82, 2.24) is 10.1 Å². The molecule has 0 saturated heterocycles. The zero-order valence-corrected chi connectivity index (χ0v) is 12.4. The van der Waals surface area contributed by atoms with Crippen LogP contribution in [0.25, 0.3) is 0 Å². The second-order valence-electron chi connectivity index (χ2n) is 3.78. The van der Waals surface area contributed by atoms with E-state index in [9.17, 15) is 0 Å². The summed E-state index contributed by atoms with van der Waals surface area (Å²) >= 11 is 5.16. The average molecular weight is 328 g/mol. The van der Waals surface area contributed by atoms with E-state index in [2.05, 4.69) is 26.1 Å². The molecule has 1 atom stereocenters. The minimum atomic E-state index is -0.167. The van der Waals surface area contributed by atoms with E-state index in [-0.39, 0.29) is 6.04 Å². The van der Waals surface area contributed by atoms with Crippen LogP contribution in [0.3, 0.4) is 0 Å². The van der Waals surface area contributed by atoms with Crippen LogP contribution < -0.4 is 5.73 Å². The Bertz CT molecular complexity index is 518. The lowest BCUT2D eigenvalue weighted by atomic mass is 10.2. The Hall–Kier alpha value is -0.850. The van der Waals surface area contributed by atoms with Crippen LogP contribution in [0.15, 0.2) is 38.2 Å². The quantitative estimate of drug-likeness (QED) is 0.851. The first kappa shape index (κ1) is 13.6. The average Bonchev–Trinajstić information content (AvgIpc) is 2.86. The van der Waals surface area contributed by atoms with Crippen LogP contribution in [0.2, 0.25) is 0 Å². The summed E-state index contributed by atoms with van der Waals surface area (Å²) in [5.74, 6) is 1.86. The molecule has 96 valence electrons. The Labute approximate surface area is 118 Å². The molecular weight excluding hydrogens is 314 g/mol. The van der Waals surface area contributed by atoms with E-state index in [1.807, 2.05) is 31.2 Å². The molecule has 1 aromatic heterocycles. The van der Waals surface area contributed by atoms with Crippen LogP contribution in [-0.2, 0) is 5.75 Å². The molecular formula is C12H14BrN3OS. The lowest BCUT2D eigenvalue weighted by molar-refractivity contribution is 0.349. The predicted molar refractivity (Wildman–Crippen MR) is 75.2 cm³/mol. The molecule has 2 rings (SSSR count). The molecule has 2 N–H and O–H groups in total. The maximum absolute atomic E-state index is 5.83. The number of benzene rings is 1. The van der Waals surface area contributed by atoms with Gasteiger partial charge in [-0.15, -0.1) is 11.8 Å². The fourth-order valence-electron chi connectivity index (χ4n) is 1.36. The maximum Gasteiger partial charge on any atom is 0.243 e. The minimum absolute atomic E-state index is 0.167. The summed E-state index contributed by atoms with van der Waals surface area (Å²) in [5.41, 5.74) is 5.83. The van der Waals surface area contributed by atoms with Crippen LogP contribution in [0.5, 0.6) is 0 Å². The van der Waals surface area contributed by atoms with Gasteiger partial charge in [0.25, 0.3) is 0 Å². The molecule has 0 saturated carbocycles. The van der Waals surface area contributed by atoms with Gasteiger partial charge in [0.1, 0.15) is 0 Å². The van der Waals surface area contributed by atoms with E-state index in [1.54, 1.807) is 11.8 Å². The number of hydrogen-bond acceptors (Lipinski definition) is 5. The first-order chi connectivity index (χ1) is 8.70. The van der Waals surface area contributed by atoms with Gasteiger partial charge in [0, 0.05) is 9.37 Å². The SMILES string of the molecule is CC[C@H](N)c1nc(CSc2ccccc2Br)no1. The number of halogens is 1. The van der Waals surface area contributed by atoms with Gasteiger partial charge < -0.3 is 10.3 Å². The van der Waals surface area contributed by atoms with E-state index in [1.165, 1.54) is 0 Å². The molecule has 0 aliphatic rings. The van der Waals surface area contributed by atoms with Gasteiger partial charge >= 0.3 is 0 Å². The van der Waals surface area contributed by atoms with Crippen molar-refractivity contribution in [2.75, 3.05) is 0 Å². The maximum atomic E-state index is 5.83. The van der Waals surface area contributed by atoms with Crippen molar-refractivity contribution in [3.05, 3.63) is 40.5 Å². The summed E-state index contributed by atoms with van der Waals surface area (Å²) in [5, 5.41) is 3.93. The number of nitrogens with zero attached hydrogens (tertiary/aromatic N) is 2. The van der Waals surface area contributed by atoms with Gasteiger partial charge in [0.15, 0.2) is 5.82 Å². The molecule has 2 aromatic rings. The zero-order valence-electron chi connectivity index (χ0n) is 9.97. The van der Waals surface area contributed by atoms with Gasteiger partial charge in [0.05, 0.1) is 11.8 Å². The Morgan fingerprint density at radius 2 is 2.22 bits per heavy atom. The summed E-state index contributed by atoms with van der Waals surface area (Å²) in [6.45, 7) is 1.99. The second kappa shape index (κ2) is 6.36. The highest BCUT2D eigenvalue weighted by Crippen LogP contribution is 2.29. The van der Waals surface area contributed by atoms with Crippen molar-refractivity contribution in [2.24, 2.45) is 5.73 Å². The number of rotatable bonds is 5. The highest BCUT2D eigenvalue weighted by molar-refractivity contribution is 9.10. The molecule has 1 aromatic carbocycles. The molecule has 0 unspecified atom stereocenters. The van der Waals surface area contributed by atoms with Crippen molar-refractivity contribution in [2.45, 2.75) is 30.0 Å². The van der Waals surface area contributed by atoms with Gasteiger partial charge in [0.2, 0.25) is 5.89 Å². The molecule has 4 nitrogen and oxygen atoms in total. The van der Waals surface area contributed by atoms with Gasteiger partial charge in [-0.25, -0.2) is 0 Å². The number of nitrogens with two attached hydrogens (primary N) is 1. The van der Waals surface area contributed by atoms with Gasteiger partial charge in [-0.2, -0.15) is 4.98 Å². The molecule has 6 heteroatoms. The molecule has 0 bridgehead atoms. The molecule has 18 heavy (non-hydrogen) atoms. The van der Waals surface area contributed by atoms with E-state index in [0.29, 0.717) is 17.5 Å². The van der Waals surface area contributed by atoms with Crippen molar-refractivity contribution in [1.29, 1.82) is 0 Å². The fraction of sp³-hybridized carbons (Fsp3) is 0.333. The van der Waals surface area contributed by atoms with Crippen molar-refractivity contribution in [3.8, 4) is 0 Å². The zero-order chi connectivity index (χ0) is 13.0. The van der Waals surface area contributed by atoms with E-state index in [0.717, 1.165) is 15.8 Å². The first-order valence-corrected chi connectivity index (χ1v) is 7.44. The van der Waals surface area contributed by atoms with Gasteiger partial charge in [-0.1, -0.05) is 24.2 Å². The normalized spacial score (nSPS) is 12.6. The van der Waals surface area contributed by atoms with E-state index in [4.69, 9.17) is 10.3 Å². The Balaban J connectivity index is 1.98. The van der Waals surface area contributed by atoms with Crippen LogP contribution in [-0.4, -0.2) is 10.1 Å². The van der Waals surface area contributed by atoms with Gasteiger partial charge in [-0.3, -0.25) is 0 Å². The monoisotopic (exact) mass is 327 g/mol. The minimum Gasteiger partial charge on any atom is -0.338 e. The molecule has 0 aliphatic carbocycles. The number of hydrogen-bond donors (Lipinski definition) is 1. The third-order valence-electron chi connectivity index (χ3n) is 2.43. The Morgan fingerprint density at radius 1 is 1.44 bits per heavy atom. The largest absolute Gasteiger partial charge is 0.338 e. The molecule has 0 aliphatic heterocycles. The summed E-state index contributed by atoms with van der Waals surface area (Å²) in [7, 11) is 0. The van der Waals surface area contributed by atoms with E-state index < -0.39 is 0 Å². The molecule has 0 fully saturated rings. The predicted octanol–water partition coefficient (Wildman–Crippen LogP) is 3.53. The van der Waals surface area contributed by atoms with Crippen LogP contribution in [0, 0.1) is 0 Å². The van der Waals surface area contributed by atoms with Gasteiger partial charge in [-0.05, 0) is 34.5 Å². The Kier molecular flexibility index (Phi) is 4.79. The highest BCUT2D eigenvalue weighted by Gasteiger charge is 2.13. The topological polar surface area (TPSA) is 64.9 Å². The molecule has 0 radical (unpaired) electrons. The number of aromatic nitrogens is 2. The summed E-state index contributed by atoms with van der Waals surface area (Å²) in [6, 6.07) is 7.88. The molecule has 0 spiro atoms. The standard InChI is InChI=1S/C12H14BrN3OS/c1-2-9(14)12-15-11(16-17-12)7-18-10-6-4-3-5-8(10)13/h3-6,9H,2,7,14H2,1H3/t9-/m0/s1. The third kappa shape index (κ3) is 3.34. The van der Waals surface area contributed by atoms with Crippen LogP contribution in [0.1, 0.15) is 31.1 Å². The van der Waals surface area contributed by atoms with E-state index >= 15 is 0 Å². The van der Waals surface area contributed by atoms with Crippen molar-refractivity contribution < 1.29 is 4.52 Å². The van der Waals surface area contributed by atoms with Crippen molar-refractivity contribution >= 4 is 27.7 Å². The Morgan fingerprint density at radius 3 is 2.94 bits per heavy atom. The van der Waals surface area contributed by atoms with Crippen LogP contribution >= 0.6 is 27.7 Å². The summed E-state index contributed by atoms with van der Waals surface area (Å²) in [4.78, 5) is 5.44. The lowest BCUT2D eigenvalue weighted by Gasteiger charge is -2.01. The third-order valence-corrected chi connectivity index (χ3v) is 4.46. The lowest BCUT2D eigenvalue weighted by Crippen LogP contribution is -2.08. The smallest absolute Gasteiger partial charge is 0.243 e. The number of thioether (sulfide) groups is 1. The summed E-state index contributed by atoms with van der Waals surface area (Å²) in [6.07, 6.45) is 0.791. The molecule has 0 amide bonds. The first-order valence-electron chi connectivity index (χ1n) is 5.66. The summed E-state index contributed by atoms with van der Waals surface area (Å²) < 4.78 is 6.20. The van der Waals surface area contributed by atoms with Crippen molar-refractivity contribution in [3.63, 3.8) is 0 Å². The molecule has 1 heterocycles. The second-order valence-corrected chi connectivity index (χ2v) is 5.65.